The second-order valence-corrected chi connectivity index (χ2v) is 10.9. The van der Waals surface area contributed by atoms with Crippen molar-refractivity contribution in [2.45, 2.75) is 0 Å². The zero-order chi connectivity index (χ0) is 2.71. The molecule has 0 nitrogen and oxygen atoms in total. The van der Waals surface area contributed by atoms with Gasteiger partial charge >= 0.3 is 38.9 Å². The van der Waals surface area contributed by atoms with Crippen LogP contribution in [0.2, 0.25) is 0 Å². The van der Waals surface area contributed by atoms with E-state index in [9.17, 15) is 0 Å². The number of hydrogen-bond acceptors (Lipinski definition) is 0. The molecule has 0 heterocycles. The van der Waals surface area contributed by atoms with Crippen LogP contribution in [0.4, 0.5) is 0 Å². The summed E-state index contributed by atoms with van der Waals surface area (Å²) < 4.78 is 0. The van der Waals surface area contributed by atoms with Crippen LogP contribution in [0.3, 0.4) is 0 Å². The monoisotopic (exact) mass is 442 g/mol. The van der Waals surface area contributed by atoms with Gasteiger partial charge in [0.1, 0.15) is 0 Å². The summed E-state index contributed by atoms with van der Waals surface area (Å²) in [5, 5.41) is 0. The van der Waals surface area contributed by atoms with Crippen LogP contribution >= 0.6 is 0 Å². The third-order valence-corrected chi connectivity index (χ3v) is 0. The Kier molecular flexibility index (Phi) is 21.8. The van der Waals surface area contributed by atoms with Crippen molar-refractivity contribution in [2.24, 2.45) is 0 Å². The Morgan fingerprint density at radius 1 is 1.25 bits per heavy atom. The maximum Gasteiger partial charge on any atom is 0 e. The van der Waals surface area contributed by atoms with E-state index < -0.39 is 0 Å². The normalized spacial score (nSPS) is 3.00. The molecule has 0 saturated heterocycles. The van der Waals surface area contributed by atoms with E-state index in [0.29, 0.717) is 0 Å². The maximum atomic E-state index is 2.88. The summed E-state index contributed by atoms with van der Waals surface area (Å²) in [5.41, 5.74) is 0. The molecular weight excluding hydrogens is 438 g/mol. The molecule has 0 unspecified atom stereocenters. The Balaban J connectivity index is 0. The molecule has 0 rings (SSSR count). The van der Waals surface area contributed by atoms with Crippen molar-refractivity contribution in [2.75, 3.05) is 0 Å². The van der Waals surface area contributed by atoms with Gasteiger partial charge in [-0.1, -0.05) is 0 Å². The second-order valence-electron chi connectivity index (χ2n) is 0.0680. The third kappa shape index (κ3) is 8.83. The fourth-order valence-electron chi connectivity index (χ4n) is 0. The Labute approximate surface area is 59.0 Å². The van der Waals surface area contributed by atoms with Gasteiger partial charge in [0.25, 0.3) is 0 Å². The van der Waals surface area contributed by atoms with Gasteiger partial charge in [-0.3, -0.25) is 0 Å². The first-order valence-corrected chi connectivity index (χ1v) is 10.2. The van der Waals surface area contributed by atoms with E-state index in [0.717, 1.165) is 0 Å². The third-order valence-electron chi connectivity index (χ3n) is 0. The van der Waals surface area contributed by atoms with Gasteiger partial charge in [0.2, 0.25) is 0 Å². The molecule has 0 aromatic carbocycles. The second kappa shape index (κ2) is 9.05. The van der Waals surface area contributed by atoms with Crippen LogP contribution in [0.1, 0.15) is 0 Å². The molecule has 24 valence electrons. The van der Waals surface area contributed by atoms with Crippen LogP contribution in [-0.2, 0) is 34.3 Å². The van der Waals surface area contributed by atoms with E-state index in [1.54, 1.807) is 0 Å². The van der Waals surface area contributed by atoms with E-state index in [4.69, 9.17) is 0 Å². The summed E-state index contributed by atoms with van der Waals surface area (Å²) in [7, 11) is 0. The molecule has 0 bridgehead atoms. The molecule has 0 aromatic rings. The minimum atomic E-state index is 0. The first-order chi connectivity index (χ1) is 1.41. The van der Waals surface area contributed by atoms with Crippen molar-refractivity contribution in [3.05, 3.63) is 0 Å². The summed E-state index contributed by atoms with van der Waals surface area (Å²) in [5.74, 6) is 0. The van der Waals surface area contributed by atoms with Crippen molar-refractivity contribution in [3.8, 4) is 0 Å². The Morgan fingerprint density at radius 2 is 1.25 bits per heavy atom. The standard InChI is InChI=1S/Mo.2Se.W. The number of hydrogen-bond donors (Lipinski definition) is 0. The molecule has 0 fully saturated rings. The van der Waals surface area contributed by atoms with Gasteiger partial charge in [-0.05, 0) is 0 Å². The Bertz CT molecular complexity index is 27.0. The largest absolute Gasteiger partial charge is 0 e. The maximum absolute atomic E-state index is 2.88. The predicted octanol–water partition coefficient (Wildman–Crippen LogP) is -0.767. The van der Waals surface area contributed by atoms with E-state index in [1.807, 2.05) is 0 Å². The fourth-order valence-corrected chi connectivity index (χ4v) is 0. The van der Waals surface area contributed by atoms with Gasteiger partial charge in [0, 0.05) is 21.1 Å². The van der Waals surface area contributed by atoms with Crippen LogP contribution in [0, 0.1) is 0 Å². The number of rotatable bonds is 0. The van der Waals surface area contributed by atoms with Gasteiger partial charge in [0.15, 0.2) is 0 Å². The van der Waals surface area contributed by atoms with Crippen molar-refractivity contribution in [1.82, 2.24) is 0 Å². The van der Waals surface area contributed by atoms with Gasteiger partial charge in [-0.25, -0.2) is 0 Å². The van der Waals surface area contributed by atoms with E-state index >= 15 is 0 Å². The zero-order valence-corrected chi connectivity index (χ0v) is 10.00. The molecule has 0 spiro atoms. The van der Waals surface area contributed by atoms with Gasteiger partial charge in [-0.15, -0.1) is 0 Å². The SMILES string of the molecule is [Se]=[Mo]=[Se].[W]. The van der Waals surface area contributed by atoms with Gasteiger partial charge < -0.3 is 0 Å². The summed E-state index contributed by atoms with van der Waals surface area (Å²) in [6, 6.07) is 0. The Morgan fingerprint density at radius 3 is 1.25 bits per heavy atom. The molecule has 0 radical (unpaired) electrons. The molecule has 4 heteroatoms. The van der Waals surface area contributed by atoms with E-state index in [-0.39, 0.29) is 34.3 Å². The first-order valence-electron chi connectivity index (χ1n) is 0.333. The molecule has 0 aliphatic carbocycles. The molecule has 0 aliphatic rings. The van der Waals surface area contributed by atoms with Crippen molar-refractivity contribution in [1.29, 1.82) is 0 Å². The smallest absolute Gasteiger partial charge is 0 e. The van der Waals surface area contributed by atoms with E-state index in [1.165, 1.54) is 0 Å². The zero-order valence-electron chi connectivity index (χ0n) is 1.63. The predicted molar refractivity (Wildman–Crippen MR) is 11.5 cm³/mol. The Hall–Kier alpha value is 2.42. The van der Waals surface area contributed by atoms with Crippen molar-refractivity contribution < 1.29 is 34.3 Å². The first kappa shape index (κ1) is 9.65. The van der Waals surface area contributed by atoms with Crippen LogP contribution in [0.5, 0.6) is 0 Å². The average molecular weight is 438 g/mol. The summed E-state index contributed by atoms with van der Waals surface area (Å²) in [6.45, 7) is 0. The van der Waals surface area contributed by atoms with Gasteiger partial charge in [0.05, 0.1) is 0 Å². The molecule has 0 aliphatic heterocycles. The summed E-state index contributed by atoms with van der Waals surface area (Å²) in [4.78, 5) is 0. The van der Waals surface area contributed by atoms with Crippen molar-refractivity contribution >= 4 is 25.6 Å². The minimum absolute atomic E-state index is 0. The quantitative estimate of drug-likeness (QED) is 0.437. The molecule has 0 amide bonds. The van der Waals surface area contributed by atoms with Crippen LogP contribution in [0.25, 0.3) is 0 Å². The topological polar surface area (TPSA) is 0 Å². The molecule has 0 N–H and O–H groups in total. The van der Waals surface area contributed by atoms with E-state index in [2.05, 4.69) is 25.6 Å². The van der Waals surface area contributed by atoms with Crippen molar-refractivity contribution in [3.63, 3.8) is 0 Å². The molecule has 4 heavy (non-hydrogen) atoms. The summed E-state index contributed by atoms with van der Waals surface area (Å²) in [6.07, 6.45) is 0. The van der Waals surface area contributed by atoms with Gasteiger partial charge in [-0.2, -0.15) is 0 Å². The van der Waals surface area contributed by atoms with Crippen LogP contribution in [-0.4, -0.2) is 25.6 Å². The average Bonchev–Trinajstić information content (AvgIpc) is 0.918. The van der Waals surface area contributed by atoms with Crippen LogP contribution < -0.4 is 0 Å². The fraction of sp³-hybridized carbons (Fsp3) is 0. The minimum Gasteiger partial charge on any atom is 0 e. The molecule has 0 aromatic heterocycles. The molecular formula is MoSe2W. The summed E-state index contributed by atoms with van der Waals surface area (Å²) >= 11 is 5.98. The molecule has 0 atom stereocenters. The van der Waals surface area contributed by atoms with Crippen LogP contribution in [0.15, 0.2) is 0 Å². The molecule has 0 saturated carbocycles.